The number of rotatable bonds is 5. The van der Waals surface area contributed by atoms with Gasteiger partial charge in [-0.05, 0) is 39.7 Å². The van der Waals surface area contributed by atoms with Crippen LogP contribution in [0.2, 0.25) is 0 Å². The van der Waals surface area contributed by atoms with Gasteiger partial charge in [-0.2, -0.15) is 9.49 Å². The summed E-state index contributed by atoms with van der Waals surface area (Å²) in [5.74, 6) is -1.13. The molecule has 0 aromatic carbocycles. The number of carbonyl (C=O) groups is 1. The van der Waals surface area contributed by atoms with E-state index in [1.807, 2.05) is 6.20 Å². The maximum atomic E-state index is 15.6. The van der Waals surface area contributed by atoms with Crippen molar-refractivity contribution in [2.24, 2.45) is 0 Å². The molecule has 1 N–H and O–H groups in total. The first-order chi connectivity index (χ1) is 15.8. The molecule has 2 saturated heterocycles. The van der Waals surface area contributed by atoms with Crippen molar-refractivity contribution < 1.29 is 18.7 Å². The molecule has 4 aromatic heterocycles. The lowest BCUT2D eigenvalue weighted by atomic mass is 9.62. The van der Waals surface area contributed by atoms with Gasteiger partial charge in [-0.25, -0.2) is 14.5 Å². The highest BCUT2D eigenvalue weighted by Gasteiger charge is 2.61. The fraction of sp³-hybridized carbons (Fsp3) is 0.391. The summed E-state index contributed by atoms with van der Waals surface area (Å²) >= 11 is 0. The first kappa shape index (κ1) is 20.1. The number of nitrogens with zero attached hydrogens (tertiary/aromatic N) is 5. The van der Waals surface area contributed by atoms with Crippen LogP contribution < -0.4 is 10.1 Å². The fourth-order valence-corrected chi connectivity index (χ4v) is 5.11. The van der Waals surface area contributed by atoms with Crippen molar-refractivity contribution in [3.05, 3.63) is 54.1 Å². The molecular weight excluding hydrogens is 427 g/mol. The number of hydrogen-bond donors (Lipinski definition) is 1. The molecule has 0 spiro atoms. The SMILES string of the molecule is CC(C)Oc1c(NC(=O)c2ccnc3ccnn23)cn2cc(C34COC(C)(C3)C4)nc2c1F. The number of anilines is 1. The Morgan fingerprint density at radius 1 is 1.27 bits per heavy atom. The van der Waals surface area contributed by atoms with Gasteiger partial charge in [0.15, 0.2) is 17.0 Å². The van der Waals surface area contributed by atoms with Crippen LogP contribution in [0.3, 0.4) is 0 Å². The van der Waals surface area contributed by atoms with Crippen molar-refractivity contribution in [1.82, 2.24) is 24.0 Å². The molecule has 1 amide bonds. The predicted molar refractivity (Wildman–Crippen MR) is 117 cm³/mol. The Hall–Kier alpha value is -3.53. The second-order valence-corrected chi connectivity index (χ2v) is 9.47. The quantitative estimate of drug-likeness (QED) is 0.501. The van der Waals surface area contributed by atoms with Crippen LogP contribution in [0.15, 0.2) is 36.9 Å². The Morgan fingerprint density at radius 2 is 2.09 bits per heavy atom. The standard InChI is InChI=1S/C23H23FN6O3/c1-13(2)33-19-14(27-21(31)15-4-6-25-17-5-7-26-30(15)17)8-29-9-16(28-20(29)18(19)24)23-10-22(3,11-23)32-12-23/h4-9,13H,10-12H2,1-3H3,(H,27,31). The zero-order valence-electron chi connectivity index (χ0n) is 18.5. The Kier molecular flexibility index (Phi) is 4.10. The van der Waals surface area contributed by atoms with E-state index < -0.39 is 11.7 Å². The molecule has 0 radical (unpaired) electrons. The molecule has 2 bridgehead atoms. The van der Waals surface area contributed by atoms with Gasteiger partial charge in [0.05, 0.1) is 30.2 Å². The van der Waals surface area contributed by atoms with Crippen LogP contribution in [0.5, 0.6) is 5.75 Å². The number of fused-ring (bicyclic) bond motifs is 3. The fourth-order valence-electron chi connectivity index (χ4n) is 5.11. The first-order valence-electron chi connectivity index (χ1n) is 10.9. The highest BCUT2D eigenvalue weighted by Crippen LogP contribution is 2.58. The second-order valence-electron chi connectivity index (χ2n) is 9.47. The van der Waals surface area contributed by atoms with Crippen molar-refractivity contribution >= 4 is 22.9 Å². The van der Waals surface area contributed by atoms with Gasteiger partial charge in [0.1, 0.15) is 11.4 Å². The lowest BCUT2D eigenvalue weighted by Gasteiger charge is -2.41. The zero-order valence-corrected chi connectivity index (χ0v) is 18.5. The lowest BCUT2D eigenvalue weighted by Crippen LogP contribution is -2.45. The molecule has 1 aliphatic carbocycles. The first-order valence-corrected chi connectivity index (χ1v) is 10.9. The van der Waals surface area contributed by atoms with E-state index in [9.17, 15) is 4.79 Å². The van der Waals surface area contributed by atoms with Gasteiger partial charge in [-0.1, -0.05) is 0 Å². The van der Waals surface area contributed by atoms with E-state index in [1.54, 1.807) is 42.8 Å². The topological polar surface area (TPSA) is 95.0 Å². The van der Waals surface area contributed by atoms with Crippen molar-refractivity contribution in [1.29, 1.82) is 0 Å². The maximum absolute atomic E-state index is 15.6. The highest BCUT2D eigenvalue weighted by atomic mass is 19.1. The summed E-state index contributed by atoms with van der Waals surface area (Å²) in [4.78, 5) is 21.9. The third kappa shape index (κ3) is 3.01. The minimum absolute atomic E-state index is 0.0487. The summed E-state index contributed by atoms with van der Waals surface area (Å²) in [5.41, 5.74) is 1.67. The summed E-state index contributed by atoms with van der Waals surface area (Å²) in [6.45, 7) is 6.27. The molecule has 0 atom stereocenters. The molecule has 170 valence electrons. The summed E-state index contributed by atoms with van der Waals surface area (Å²) in [5, 5.41) is 6.93. The summed E-state index contributed by atoms with van der Waals surface area (Å²) < 4.78 is 30.3. The zero-order chi connectivity index (χ0) is 23.0. The van der Waals surface area contributed by atoms with E-state index >= 15 is 4.39 Å². The molecule has 2 aliphatic heterocycles. The van der Waals surface area contributed by atoms with E-state index in [0.29, 0.717) is 12.3 Å². The molecule has 7 rings (SSSR count). The van der Waals surface area contributed by atoms with Crippen LogP contribution in [-0.2, 0) is 10.2 Å². The van der Waals surface area contributed by atoms with Gasteiger partial charge in [-0.3, -0.25) is 4.79 Å². The number of hydrogen-bond acceptors (Lipinski definition) is 6. The molecule has 33 heavy (non-hydrogen) atoms. The Labute approximate surface area is 188 Å². The number of imidazole rings is 1. The van der Waals surface area contributed by atoms with E-state index in [4.69, 9.17) is 9.47 Å². The average Bonchev–Trinajstić information content (AvgIpc) is 3.51. The van der Waals surface area contributed by atoms with Crippen LogP contribution in [0, 0.1) is 5.82 Å². The van der Waals surface area contributed by atoms with Crippen molar-refractivity contribution in [2.45, 2.75) is 50.7 Å². The molecule has 4 aromatic rings. The van der Waals surface area contributed by atoms with Gasteiger partial charge >= 0.3 is 0 Å². The largest absolute Gasteiger partial charge is 0.486 e. The summed E-state index contributed by atoms with van der Waals surface area (Å²) in [7, 11) is 0. The van der Waals surface area contributed by atoms with Crippen LogP contribution in [0.25, 0.3) is 11.3 Å². The van der Waals surface area contributed by atoms with Gasteiger partial charge < -0.3 is 19.2 Å². The molecule has 10 heteroatoms. The maximum Gasteiger partial charge on any atom is 0.274 e. The van der Waals surface area contributed by atoms with Crippen molar-refractivity contribution in [3.63, 3.8) is 0 Å². The smallest absolute Gasteiger partial charge is 0.274 e. The summed E-state index contributed by atoms with van der Waals surface area (Å²) in [6.07, 6.45) is 7.97. The van der Waals surface area contributed by atoms with Gasteiger partial charge in [-0.15, -0.1) is 0 Å². The summed E-state index contributed by atoms with van der Waals surface area (Å²) in [6, 6.07) is 3.25. The monoisotopic (exact) mass is 450 g/mol. The molecule has 9 nitrogen and oxygen atoms in total. The van der Waals surface area contributed by atoms with Gasteiger partial charge in [0.25, 0.3) is 5.91 Å². The number of carbonyl (C=O) groups excluding carboxylic acids is 1. The second kappa shape index (κ2) is 6.74. The molecule has 0 unspecified atom stereocenters. The van der Waals surface area contributed by atoms with Crippen LogP contribution in [-0.4, -0.2) is 48.2 Å². The molecule has 3 fully saturated rings. The minimum atomic E-state index is -0.621. The number of pyridine rings is 1. The number of halogens is 1. The molecule has 6 heterocycles. The Balaban J connectivity index is 1.42. The third-order valence-corrected chi connectivity index (χ3v) is 6.43. The minimum Gasteiger partial charge on any atom is -0.486 e. The lowest BCUT2D eigenvalue weighted by molar-refractivity contribution is 0.0154. The number of aromatic nitrogens is 5. The number of nitrogens with one attached hydrogen (secondary N) is 1. The normalized spacial score (nSPS) is 23.9. The number of amides is 1. The molecular formula is C23H23FN6O3. The highest BCUT2D eigenvalue weighted by molar-refractivity contribution is 6.04. The Morgan fingerprint density at radius 3 is 2.82 bits per heavy atom. The van der Waals surface area contributed by atoms with Crippen molar-refractivity contribution in [3.8, 4) is 5.75 Å². The van der Waals surface area contributed by atoms with Crippen LogP contribution in [0.4, 0.5) is 10.1 Å². The van der Waals surface area contributed by atoms with Crippen LogP contribution in [0.1, 0.15) is 49.8 Å². The van der Waals surface area contributed by atoms with Crippen molar-refractivity contribution in [2.75, 3.05) is 11.9 Å². The third-order valence-electron chi connectivity index (χ3n) is 6.43. The van der Waals surface area contributed by atoms with Crippen LogP contribution >= 0.6 is 0 Å². The average molecular weight is 450 g/mol. The predicted octanol–water partition coefficient (Wildman–Crippen LogP) is 3.38. The van der Waals surface area contributed by atoms with E-state index in [-0.39, 0.29) is 39.9 Å². The van der Waals surface area contributed by atoms with Gasteiger partial charge in [0, 0.05) is 30.1 Å². The van der Waals surface area contributed by atoms with Gasteiger partial charge in [0.2, 0.25) is 5.82 Å². The molecule has 1 saturated carbocycles. The number of ether oxygens (including phenoxy) is 2. The Bertz CT molecular complexity index is 1420. The van der Waals surface area contributed by atoms with E-state index in [2.05, 4.69) is 27.3 Å². The van der Waals surface area contributed by atoms with E-state index in [1.165, 1.54) is 10.7 Å². The molecule has 3 aliphatic rings. The van der Waals surface area contributed by atoms with E-state index in [0.717, 1.165) is 18.5 Å².